The molecule has 1 atom stereocenters. The van der Waals surface area contributed by atoms with Gasteiger partial charge in [-0.25, -0.2) is 0 Å². The normalized spacial score (nSPS) is 12.6. The van der Waals surface area contributed by atoms with Crippen molar-refractivity contribution in [2.45, 2.75) is 12.5 Å². The second-order valence-electron chi connectivity index (χ2n) is 3.46. The highest BCUT2D eigenvalue weighted by molar-refractivity contribution is 7.10. The van der Waals surface area contributed by atoms with E-state index in [9.17, 15) is 5.11 Å². The SMILES string of the molecule is Nc1ccncc1CC(O)c1cc(Cl)cs1. The molecule has 0 spiro atoms. The molecule has 2 rings (SSSR count). The molecular formula is C11H11ClN2OS. The van der Waals surface area contributed by atoms with Crippen molar-refractivity contribution in [3.05, 3.63) is 45.4 Å². The Labute approximate surface area is 103 Å². The number of nitrogens with zero attached hydrogens (tertiary/aromatic N) is 1. The van der Waals surface area contributed by atoms with Crippen molar-refractivity contribution in [1.29, 1.82) is 0 Å². The van der Waals surface area contributed by atoms with E-state index in [1.807, 2.05) is 0 Å². The van der Waals surface area contributed by atoms with Gasteiger partial charge in [-0.1, -0.05) is 11.6 Å². The van der Waals surface area contributed by atoms with Crippen LogP contribution >= 0.6 is 22.9 Å². The van der Waals surface area contributed by atoms with Crippen LogP contribution in [0, 0.1) is 0 Å². The molecule has 0 radical (unpaired) electrons. The number of hydrogen-bond acceptors (Lipinski definition) is 4. The van der Waals surface area contributed by atoms with E-state index in [4.69, 9.17) is 17.3 Å². The summed E-state index contributed by atoms with van der Waals surface area (Å²) in [6.45, 7) is 0. The van der Waals surface area contributed by atoms with E-state index in [1.165, 1.54) is 11.3 Å². The van der Waals surface area contributed by atoms with Crippen LogP contribution in [-0.4, -0.2) is 10.1 Å². The van der Waals surface area contributed by atoms with Crippen LogP contribution in [0.4, 0.5) is 5.69 Å². The number of thiophene rings is 1. The highest BCUT2D eigenvalue weighted by atomic mass is 35.5. The summed E-state index contributed by atoms with van der Waals surface area (Å²) >= 11 is 7.24. The Hall–Kier alpha value is -1.10. The molecule has 0 bridgehead atoms. The van der Waals surface area contributed by atoms with Gasteiger partial charge in [0.25, 0.3) is 0 Å². The number of aliphatic hydroxyl groups is 1. The van der Waals surface area contributed by atoms with Crippen molar-refractivity contribution in [2.24, 2.45) is 0 Å². The minimum atomic E-state index is -0.580. The lowest BCUT2D eigenvalue weighted by Gasteiger charge is -2.09. The van der Waals surface area contributed by atoms with Gasteiger partial charge in [0.05, 0.1) is 11.1 Å². The molecule has 3 N–H and O–H groups in total. The number of hydrogen-bond donors (Lipinski definition) is 2. The maximum absolute atomic E-state index is 9.98. The van der Waals surface area contributed by atoms with Gasteiger partial charge in [0, 0.05) is 34.8 Å². The fourth-order valence-corrected chi connectivity index (χ4v) is 2.49. The van der Waals surface area contributed by atoms with E-state index >= 15 is 0 Å². The summed E-state index contributed by atoms with van der Waals surface area (Å²) in [5.41, 5.74) is 7.27. The van der Waals surface area contributed by atoms with Crippen LogP contribution < -0.4 is 5.73 Å². The summed E-state index contributed by atoms with van der Waals surface area (Å²) in [6, 6.07) is 3.49. The molecule has 0 fully saturated rings. The highest BCUT2D eigenvalue weighted by Crippen LogP contribution is 2.28. The summed E-state index contributed by atoms with van der Waals surface area (Å²) in [6.07, 6.45) is 3.18. The van der Waals surface area contributed by atoms with Crippen molar-refractivity contribution < 1.29 is 5.11 Å². The van der Waals surface area contributed by atoms with Crippen LogP contribution in [0.25, 0.3) is 0 Å². The Bertz CT molecular complexity index is 486. The molecule has 2 heterocycles. The minimum Gasteiger partial charge on any atom is -0.398 e. The van der Waals surface area contributed by atoms with Crippen LogP contribution in [0.5, 0.6) is 0 Å². The molecule has 0 aliphatic rings. The zero-order chi connectivity index (χ0) is 11.5. The van der Waals surface area contributed by atoms with Gasteiger partial charge in [0.1, 0.15) is 0 Å². The first-order valence-electron chi connectivity index (χ1n) is 4.77. The Kier molecular flexibility index (Phi) is 3.43. The Morgan fingerprint density at radius 2 is 2.38 bits per heavy atom. The molecule has 0 aliphatic carbocycles. The summed E-state index contributed by atoms with van der Waals surface area (Å²) < 4.78 is 0. The average Bonchev–Trinajstić information content (AvgIpc) is 2.68. The zero-order valence-electron chi connectivity index (χ0n) is 8.43. The molecule has 16 heavy (non-hydrogen) atoms. The van der Waals surface area contributed by atoms with Crippen molar-refractivity contribution in [2.75, 3.05) is 5.73 Å². The van der Waals surface area contributed by atoms with Crippen molar-refractivity contribution in [3.8, 4) is 0 Å². The number of aromatic nitrogens is 1. The van der Waals surface area contributed by atoms with E-state index in [2.05, 4.69) is 4.98 Å². The summed E-state index contributed by atoms with van der Waals surface area (Å²) in [7, 11) is 0. The van der Waals surface area contributed by atoms with Gasteiger partial charge >= 0.3 is 0 Å². The summed E-state index contributed by atoms with van der Waals surface area (Å²) in [5, 5.41) is 12.4. The van der Waals surface area contributed by atoms with Crippen LogP contribution in [0.15, 0.2) is 29.9 Å². The summed E-state index contributed by atoms with van der Waals surface area (Å²) in [4.78, 5) is 4.82. The first-order chi connectivity index (χ1) is 7.66. The van der Waals surface area contributed by atoms with Crippen LogP contribution in [-0.2, 0) is 6.42 Å². The van der Waals surface area contributed by atoms with Crippen molar-refractivity contribution >= 4 is 28.6 Å². The van der Waals surface area contributed by atoms with Crippen LogP contribution in [0.2, 0.25) is 5.02 Å². The van der Waals surface area contributed by atoms with Crippen molar-refractivity contribution in [3.63, 3.8) is 0 Å². The van der Waals surface area contributed by atoms with Crippen molar-refractivity contribution in [1.82, 2.24) is 4.98 Å². The van der Waals surface area contributed by atoms with Gasteiger partial charge in [0.15, 0.2) is 0 Å². The number of nitrogens with two attached hydrogens (primary N) is 1. The average molecular weight is 255 g/mol. The Morgan fingerprint density at radius 3 is 3.00 bits per heavy atom. The molecule has 2 aromatic rings. The maximum Gasteiger partial charge on any atom is 0.0924 e. The molecule has 0 saturated heterocycles. The third-order valence-electron chi connectivity index (χ3n) is 2.27. The highest BCUT2D eigenvalue weighted by Gasteiger charge is 2.12. The van der Waals surface area contributed by atoms with Crippen LogP contribution in [0.3, 0.4) is 0 Å². The molecule has 0 aliphatic heterocycles. The fourth-order valence-electron chi connectivity index (χ4n) is 1.42. The lowest BCUT2D eigenvalue weighted by atomic mass is 10.1. The molecule has 0 aromatic carbocycles. The third-order valence-corrected chi connectivity index (χ3v) is 3.65. The molecular weight excluding hydrogens is 244 g/mol. The lowest BCUT2D eigenvalue weighted by molar-refractivity contribution is 0.182. The van der Waals surface area contributed by atoms with Gasteiger partial charge in [-0.3, -0.25) is 4.98 Å². The first-order valence-corrected chi connectivity index (χ1v) is 6.03. The quantitative estimate of drug-likeness (QED) is 0.885. The number of nitrogen functional groups attached to an aromatic ring is 1. The van der Waals surface area contributed by atoms with Crippen LogP contribution in [0.1, 0.15) is 16.5 Å². The van der Waals surface area contributed by atoms with E-state index in [1.54, 1.807) is 29.9 Å². The zero-order valence-corrected chi connectivity index (χ0v) is 10.0. The molecule has 3 nitrogen and oxygen atoms in total. The number of halogens is 1. The third kappa shape index (κ3) is 2.52. The molecule has 84 valence electrons. The van der Waals surface area contributed by atoms with E-state index in [-0.39, 0.29) is 0 Å². The van der Waals surface area contributed by atoms with Gasteiger partial charge in [-0.2, -0.15) is 0 Å². The standard InChI is InChI=1S/C11H11ClN2OS/c12-8-4-11(16-6-8)10(15)3-7-5-14-2-1-9(7)13/h1-2,4-6,10,15H,3H2,(H2,13,14). The smallest absolute Gasteiger partial charge is 0.0924 e. The van der Waals surface area contributed by atoms with E-state index in [0.29, 0.717) is 17.1 Å². The molecule has 0 saturated carbocycles. The van der Waals surface area contributed by atoms with E-state index in [0.717, 1.165) is 10.4 Å². The second-order valence-corrected chi connectivity index (χ2v) is 4.84. The Morgan fingerprint density at radius 1 is 1.56 bits per heavy atom. The maximum atomic E-state index is 9.98. The predicted octanol–water partition coefficient (Wildman–Crippen LogP) is 2.65. The molecule has 0 amide bonds. The molecule has 1 unspecified atom stereocenters. The Balaban J connectivity index is 2.13. The minimum absolute atomic E-state index is 0.455. The number of rotatable bonds is 3. The topological polar surface area (TPSA) is 59.1 Å². The molecule has 2 aromatic heterocycles. The van der Waals surface area contributed by atoms with Gasteiger partial charge < -0.3 is 10.8 Å². The van der Waals surface area contributed by atoms with Gasteiger partial charge in [-0.15, -0.1) is 11.3 Å². The number of aliphatic hydroxyl groups excluding tert-OH is 1. The van der Waals surface area contributed by atoms with E-state index < -0.39 is 6.10 Å². The second kappa shape index (κ2) is 4.82. The first kappa shape index (κ1) is 11.4. The lowest BCUT2D eigenvalue weighted by Crippen LogP contribution is -2.03. The fraction of sp³-hybridized carbons (Fsp3) is 0.182. The van der Waals surface area contributed by atoms with Gasteiger partial charge in [0.2, 0.25) is 0 Å². The van der Waals surface area contributed by atoms with Gasteiger partial charge in [-0.05, 0) is 17.7 Å². The number of pyridine rings is 1. The predicted molar refractivity (Wildman–Crippen MR) is 66.6 cm³/mol. The monoisotopic (exact) mass is 254 g/mol. The molecule has 5 heteroatoms. The number of anilines is 1. The largest absolute Gasteiger partial charge is 0.398 e. The summed E-state index contributed by atoms with van der Waals surface area (Å²) in [5.74, 6) is 0.